The normalized spacial score (nSPS) is 12.8. The van der Waals surface area contributed by atoms with Gasteiger partial charge < -0.3 is 10.4 Å². The van der Waals surface area contributed by atoms with E-state index in [9.17, 15) is 4.79 Å². The summed E-state index contributed by atoms with van der Waals surface area (Å²) in [6.45, 7) is 3.91. The second-order valence-corrected chi connectivity index (χ2v) is 4.02. The summed E-state index contributed by atoms with van der Waals surface area (Å²) < 4.78 is 0. The van der Waals surface area contributed by atoms with E-state index in [4.69, 9.17) is 5.11 Å². The van der Waals surface area contributed by atoms with Gasteiger partial charge in [0.1, 0.15) is 0 Å². The molecule has 0 radical (unpaired) electrons. The first kappa shape index (κ1) is 11.8. The summed E-state index contributed by atoms with van der Waals surface area (Å²) in [5, 5.41) is 12.1. The molecule has 1 atom stereocenters. The fourth-order valence-electron chi connectivity index (χ4n) is 0.753. The van der Waals surface area contributed by atoms with Crippen LogP contribution in [0, 0.1) is 0 Å². The maximum atomic E-state index is 10.1. The van der Waals surface area contributed by atoms with Crippen LogP contribution in [-0.2, 0) is 4.79 Å². The minimum Gasteiger partial charge on any atom is -0.481 e. The number of nitrogens with one attached hydrogen (secondary N) is 1. The van der Waals surface area contributed by atoms with Gasteiger partial charge in [0.05, 0.1) is 0 Å². The molecule has 0 saturated heterocycles. The molecular formula is C8H17NO2S. The number of carboxylic acid groups (broad SMARTS) is 1. The van der Waals surface area contributed by atoms with Crippen LogP contribution < -0.4 is 5.32 Å². The zero-order chi connectivity index (χ0) is 9.40. The Balaban J connectivity index is 3.05. The molecule has 3 nitrogen and oxygen atoms in total. The highest BCUT2D eigenvalue weighted by Crippen LogP contribution is 2.02. The van der Waals surface area contributed by atoms with Gasteiger partial charge in [0.15, 0.2) is 0 Å². The van der Waals surface area contributed by atoms with Crippen LogP contribution in [-0.4, -0.2) is 35.7 Å². The molecule has 0 amide bonds. The first-order valence-corrected chi connectivity index (χ1v) is 5.41. The first-order valence-electron chi connectivity index (χ1n) is 4.12. The molecule has 0 rings (SSSR count). The van der Waals surface area contributed by atoms with Crippen molar-refractivity contribution in [1.82, 2.24) is 5.32 Å². The van der Waals surface area contributed by atoms with E-state index in [0.717, 1.165) is 19.5 Å². The maximum absolute atomic E-state index is 10.1. The molecule has 0 aliphatic rings. The van der Waals surface area contributed by atoms with Crippen molar-refractivity contribution >= 4 is 17.7 Å². The Bertz CT molecular complexity index is 130. The number of rotatable bonds is 7. The summed E-state index contributed by atoms with van der Waals surface area (Å²) in [7, 11) is 0. The van der Waals surface area contributed by atoms with Gasteiger partial charge in [0.25, 0.3) is 0 Å². The Kier molecular flexibility index (Phi) is 7.29. The number of carbonyl (C=O) groups is 1. The zero-order valence-corrected chi connectivity index (χ0v) is 8.49. The quantitative estimate of drug-likeness (QED) is 0.594. The van der Waals surface area contributed by atoms with Crippen molar-refractivity contribution in [3.8, 4) is 0 Å². The predicted molar refractivity (Wildman–Crippen MR) is 52.7 cm³/mol. The van der Waals surface area contributed by atoms with Crippen LogP contribution in [0.15, 0.2) is 0 Å². The van der Waals surface area contributed by atoms with Gasteiger partial charge in [-0.1, -0.05) is 6.92 Å². The molecule has 0 saturated carbocycles. The molecule has 4 heteroatoms. The lowest BCUT2D eigenvalue weighted by molar-refractivity contribution is -0.137. The molecular weight excluding hydrogens is 174 g/mol. The fraction of sp³-hybridized carbons (Fsp3) is 0.875. The van der Waals surface area contributed by atoms with Crippen LogP contribution in [0.4, 0.5) is 0 Å². The second kappa shape index (κ2) is 7.43. The lowest BCUT2D eigenvalue weighted by Gasteiger charge is -2.08. The van der Waals surface area contributed by atoms with Crippen molar-refractivity contribution < 1.29 is 9.90 Å². The summed E-state index contributed by atoms with van der Waals surface area (Å²) in [6.07, 6.45) is 3.06. The van der Waals surface area contributed by atoms with Gasteiger partial charge in [0, 0.05) is 18.2 Å². The fourth-order valence-corrected chi connectivity index (χ4v) is 1.04. The van der Waals surface area contributed by atoms with E-state index in [2.05, 4.69) is 18.5 Å². The van der Waals surface area contributed by atoms with Crippen LogP contribution in [0.5, 0.6) is 0 Å². The SMILES string of the molecule is CSC(C)CNCCCC(=O)O. The van der Waals surface area contributed by atoms with Crippen molar-refractivity contribution in [3.63, 3.8) is 0 Å². The highest BCUT2D eigenvalue weighted by atomic mass is 32.2. The van der Waals surface area contributed by atoms with E-state index in [1.165, 1.54) is 0 Å². The minimum absolute atomic E-state index is 0.265. The van der Waals surface area contributed by atoms with Crippen LogP contribution in [0.25, 0.3) is 0 Å². The van der Waals surface area contributed by atoms with Crippen molar-refractivity contribution in [1.29, 1.82) is 0 Å². The van der Waals surface area contributed by atoms with E-state index in [1.54, 1.807) is 0 Å². The Morgan fingerprint density at radius 3 is 2.83 bits per heavy atom. The average molecular weight is 191 g/mol. The van der Waals surface area contributed by atoms with Crippen molar-refractivity contribution in [2.75, 3.05) is 19.3 Å². The van der Waals surface area contributed by atoms with Crippen molar-refractivity contribution in [2.24, 2.45) is 0 Å². The van der Waals surface area contributed by atoms with Crippen LogP contribution in [0.2, 0.25) is 0 Å². The third-order valence-electron chi connectivity index (χ3n) is 1.58. The summed E-state index contributed by atoms with van der Waals surface area (Å²) in [5.74, 6) is -0.713. The molecule has 12 heavy (non-hydrogen) atoms. The topological polar surface area (TPSA) is 49.3 Å². The van der Waals surface area contributed by atoms with Gasteiger partial charge in [0.2, 0.25) is 0 Å². The standard InChI is InChI=1S/C8H17NO2S/c1-7(12-2)6-9-5-3-4-8(10)11/h7,9H,3-6H2,1-2H3,(H,10,11). The highest BCUT2D eigenvalue weighted by molar-refractivity contribution is 7.99. The largest absolute Gasteiger partial charge is 0.481 e. The van der Waals surface area contributed by atoms with Crippen LogP contribution >= 0.6 is 11.8 Å². The predicted octanol–water partition coefficient (Wildman–Crippen LogP) is 1.19. The second-order valence-electron chi connectivity index (χ2n) is 2.75. The van der Waals surface area contributed by atoms with E-state index < -0.39 is 5.97 Å². The Labute approximate surface area is 77.9 Å². The molecule has 1 unspecified atom stereocenters. The molecule has 0 aromatic carbocycles. The Hall–Kier alpha value is -0.220. The molecule has 0 fully saturated rings. The molecule has 72 valence electrons. The molecule has 0 aliphatic heterocycles. The lowest BCUT2D eigenvalue weighted by atomic mass is 10.3. The molecule has 0 spiro atoms. The van der Waals surface area contributed by atoms with E-state index in [-0.39, 0.29) is 6.42 Å². The van der Waals surface area contributed by atoms with Gasteiger partial charge in [-0.05, 0) is 19.2 Å². The number of hydrogen-bond acceptors (Lipinski definition) is 3. The number of hydrogen-bond donors (Lipinski definition) is 2. The number of thioether (sulfide) groups is 1. The molecule has 0 aliphatic carbocycles. The van der Waals surface area contributed by atoms with Gasteiger partial charge in [-0.15, -0.1) is 0 Å². The third kappa shape index (κ3) is 7.88. The Morgan fingerprint density at radius 1 is 1.67 bits per heavy atom. The van der Waals surface area contributed by atoms with Crippen LogP contribution in [0.1, 0.15) is 19.8 Å². The van der Waals surface area contributed by atoms with Gasteiger partial charge in [-0.25, -0.2) is 0 Å². The lowest BCUT2D eigenvalue weighted by Crippen LogP contribution is -2.23. The van der Waals surface area contributed by atoms with E-state index >= 15 is 0 Å². The monoisotopic (exact) mass is 191 g/mol. The summed E-state index contributed by atoms with van der Waals surface area (Å²) in [6, 6.07) is 0. The number of aliphatic carboxylic acids is 1. The first-order chi connectivity index (χ1) is 5.66. The minimum atomic E-state index is -0.713. The van der Waals surface area contributed by atoms with Crippen molar-refractivity contribution in [3.05, 3.63) is 0 Å². The van der Waals surface area contributed by atoms with E-state index in [0.29, 0.717) is 5.25 Å². The average Bonchev–Trinajstić information content (AvgIpc) is 2.03. The van der Waals surface area contributed by atoms with E-state index in [1.807, 2.05) is 11.8 Å². The van der Waals surface area contributed by atoms with Gasteiger partial charge in [-0.3, -0.25) is 4.79 Å². The van der Waals surface area contributed by atoms with Crippen molar-refractivity contribution in [2.45, 2.75) is 25.0 Å². The Morgan fingerprint density at radius 2 is 2.33 bits per heavy atom. The smallest absolute Gasteiger partial charge is 0.303 e. The maximum Gasteiger partial charge on any atom is 0.303 e. The highest BCUT2D eigenvalue weighted by Gasteiger charge is 1.98. The number of carboxylic acids is 1. The van der Waals surface area contributed by atoms with Crippen LogP contribution in [0.3, 0.4) is 0 Å². The molecule has 0 bridgehead atoms. The molecule has 0 heterocycles. The third-order valence-corrected chi connectivity index (χ3v) is 2.55. The van der Waals surface area contributed by atoms with Gasteiger partial charge in [-0.2, -0.15) is 11.8 Å². The summed E-state index contributed by atoms with van der Waals surface area (Å²) >= 11 is 1.81. The molecule has 0 aromatic heterocycles. The summed E-state index contributed by atoms with van der Waals surface area (Å²) in [4.78, 5) is 10.1. The molecule has 2 N–H and O–H groups in total. The zero-order valence-electron chi connectivity index (χ0n) is 7.67. The van der Waals surface area contributed by atoms with Gasteiger partial charge >= 0.3 is 5.97 Å². The summed E-state index contributed by atoms with van der Waals surface area (Å²) in [5.41, 5.74) is 0. The molecule has 0 aromatic rings.